The molecule has 1 aromatic rings. The summed E-state index contributed by atoms with van der Waals surface area (Å²) in [4.78, 5) is 0. The highest BCUT2D eigenvalue weighted by molar-refractivity contribution is 5.21. The molecule has 1 N–H and O–H groups in total. The van der Waals surface area contributed by atoms with E-state index in [2.05, 4.69) is 5.32 Å². The molecule has 0 aliphatic heterocycles. The van der Waals surface area contributed by atoms with Crippen LogP contribution in [0.4, 0.5) is 8.78 Å². The Kier molecular flexibility index (Phi) is 3.57. The van der Waals surface area contributed by atoms with Gasteiger partial charge in [0.1, 0.15) is 11.6 Å². The van der Waals surface area contributed by atoms with E-state index in [1.165, 1.54) is 43.9 Å². The van der Waals surface area contributed by atoms with Crippen LogP contribution in [-0.2, 0) is 0 Å². The van der Waals surface area contributed by atoms with Gasteiger partial charge >= 0.3 is 0 Å². The number of halogens is 2. The highest BCUT2D eigenvalue weighted by Gasteiger charge is 2.39. The number of hydrogen-bond donors (Lipinski definition) is 1. The molecular weight excluding hydrogens is 244 g/mol. The lowest BCUT2D eigenvalue weighted by atomic mass is 9.88. The number of hydrogen-bond acceptors (Lipinski definition) is 1. The maximum atomic E-state index is 13.7. The highest BCUT2D eigenvalue weighted by atomic mass is 19.1. The Labute approximate surface area is 113 Å². The molecule has 4 atom stereocenters. The number of fused-ring (bicyclic) bond motifs is 2. The predicted octanol–water partition coefficient (Wildman–Crippen LogP) is 4.05. The number of nitrogens with one attached hydrogen (secondary N) is 1. The summed E-state index contributed by atoms with van der Waals surface area (Å²) >= 11 is 0. The Hall–Kier alpha value is -0.960. The molecule has 2 bridgehead atoms. The largest absolute Gasteiger partial charge is 0.310 e. The second kappa shape index (κ2) is 5.20. The van der Waals surface area contributed by atoms with Gasteiger partial charge in [0.05, 0.1) is 0 Å². The summed E-state index contributed by atoms with van der Waals surface area (Å²) in [5, 5.41) is 3.39. The lowest BCUT2D eigenvalue weighted by Gasteiger charge is -2.24. The molecule has 2 saturated carbocycles. The van der Waals surface area contributed by atoms with Crippen LogP contribution in [0.2, 0.25) is 0 Å². The molecule has 19 heavy (non-hydrogen) atoms. The van der Waals surface area contributed by atoms with Gasteiger partial charge in [0.2, 0.25) is 0 Å². The van der Waals surface area contributed by atoms with Crippen molar-refractivity contribution in [3.63, 3.8) is 0 Å². The monoisotopic (exact) mass is 265 g/mol. The molecule has 0 radical (unpaired) electrons. The van der Waals surface area contributed by atoms with Gasteiger partial charge in [-0.1, -0.05) is 6.42 Å². The number of benzene rings is 1. The molecule has 3 rings (SSSR count). The quantitative estimate of drug-likeness (QED) is 0.866. The minimum Gasteiger partial charge on any atom is -0.310 e. The molecule has 4 unspecified atom stereocenters. The van der Waals surface area contributed by atoms with Crippen molar-refractivity contribution in [3.05, 3.63) is 35.4 Å². The molecule has 2 aliphatic carbocycles. The first-order valence-corrected chi connectivity index (χ1v) is 7.32. The summed E-state index contributed by atoms with van der Waals surface area (Å²) in [7, 11) is 0. The van der Waals surface area contributed by atoms with Gasteiger partial charge in [-0.15, -0.1) is 0 Å². The Balaban J connectivity index is 1.59. The van der Waals surface area contributed by atoms with Crippen molar-refractivity contribution in [2.24, 2.45) is 17.8 Å². The van der Waals surface area contributed by atoms with E-state index in [1.54, 1.807) is 0 Å². The molecule has 1 aromatic carbocycles. The van der Waals surface area contributed by atoms with Crippen molar-refractivity contribution in [2.75, 3.05) is 6.54 Å². The highest BCUT2D eigenvalue weighted by Crippen LogP contribution is 2.48. The Morgan fingerprint density at radius 1 is 1.26 bits per heavy atom. The van der Waals surface area contributed by atoms with Crippen molar-refractivity contribution < 1.29 is 8.78 Å². The van der Waals surface area contributed by atoms with Crippen LogP contribution in [0.5, 0.6) is 0 Å². The fraction of sp³-hybridized carbons (Fsp3) is 0.625. The van der Waals surface area contributed by atoms with Gasteiger partial charge in [-0.3, -0.25) is 0 Å². The van der Waals surface area contributed by atoms with Gasteiger partial charge < -0.3 is 5.32 Å². The first kappa shape index (κ1) is 13.0. The van der Waals surface area contributed by atoms with Crippen LogP contribution >= 0.6 is 0 Å². The predicted molar refractivity (Wildman–Crippen MR) is 71.7 cm³/mol. The fourth-order valence-electron chi connectivity index (χ4n) is 3.91. The normalized spacial score (nSPS) is 30.8. The van der Waals surface area contributed by atoms with Crippen LogP contribution in [0.1, 0.15) is 44.2 Å². The van der Waals surface area contributed by atoms with Gasteiger partial charge in [0.15, 0.2) is 0 Å². The van der Waals surface area contributed by atoms with Crippen LogP contribution in [0.3, 0.4) is 0 Å². The van der Waals surface area contributed by atoms with E-state index in [9.17, 15) is 8.78 Å². The minimum absolute atomic E-state index is 0.130. The van der Waals surface area contributed by atoms with E-state index in [0.717, 1.165) is 24.3 Å². The molecule has 0 amide bonds. The SMILES string of the molecule is CC(NCC1CC2CCC1C2)c1cc(F)ccc1F. The lowest BCUT2D eigenvalue weighted by molar-refractivity contribution is 0.308. The van der Waals surface area contributed by atoms with Crippen LogP contribution in [0.25, 0.3) is 0 Å². The average Bonchev–Trinajstić information content (AvgIpc) is 3.01. The van der Waals surface area contributed by atoms with Gasteiger partial charge in [-0.05, 0) is 68.7 Å². The third-order valence-electron chi connectivity index (χ3n) is 5.00. The Bertz CT molecular complexity index is 460. The van der Waals surface area contributed by atoms with Crippen molar-refractivity contribution in [3.8, 4) is 0 Å². The fourth-order valence-corrected chi connectivity index (χ4v) is 3.91. The van der Waals surface area contributed by atoms with Crippen LogP contribution in [0, 0.1) is 29.4 Å². The van der Waals surface area contributed by atoms with Crippen molar-refractivity contribution >= 4 is 0 Å². The molecule has 0 aromatic heterocycles. The summed E-state index contributed by atoms with van der Waals surface area (Å²) in [6.07, 6.45) is 5.46. The Morgan fingerprint density at radius 3 is 2.79 bits per heavy atom. The van der Waals surface area contributed by atoms with E-state index in [-0.39, 0.29) is 17.7 Å². The maximum Gasteiger partial charge on any atom is 0.128 e. The summed E-state index contributed by atoms with van der Waals surface area (Å²) in [5.41, 5.74) is 0.433. The molecule has 1 nitrogen and oxygen atoms in total. The van der Waals surface area contributed by atoms with Crippen LogP contribution in [-0.4, -0.2) is 6.54 Å². The molecule has 2 aliphatic rings. The Morgan fingerprint density at radius 2 is 2.11 bits per heavy atom. The summed E-state index contributed by atoms with van der Waals surface area (Å²) < 4.78 is 26.8. The van der Waals surface area contributed by atoms with Gasteiger partial charge in [-0.2, -0.15) is 0 Å². The molecule has 0 spiro atoms. The van der Waals surface area contributed by atoms with E-state index >= 15 is 0 Å². The zero-order chi connectivity index (χ0) is 13.4. The first-order valence-electron chi connectivity index (χ1n) is 7.32. The van der Waals surface area contributed by atoms with Crippen LogP contribution in [0.15, 0.2) is 18.2 Å². The number of rotatable bonds is 4. The first-order chi connectivity index (χ1) is 9.13. The average molecular weight is 265 g/mol. The molecule has 0 heterocycles. The van der Waals surface area contributed by atoms with Gasteiger partial charge in [0.25, 0.3) is 0 Å². The second-order valence-electron chi connectivity index (χ2n) is 6.23. The van der Waals surface area contributed by atoms with E-state index in [1.807, 2.05) is 6.92 Å². The summed E-state index contributed by atoms with van der Waals surface area (Å²) in [5.74, 6) is 1.83. The molecule has 0 saturated heterocycles. The topological polar surface area (TPSA) is 12.0 Å². The van der Waals surface area contributed by atoms with E-state index < -0.39 is 0 Å². The third-order valence-corrected chi connectivity index (χ3v) is 5.00. The summed E-state index contributed by atoms with van der Waals surface area (Å²) in [6.45, 7) is 2.84. The maximum absolute atomic E-state index is 13.7. The van der Waals surface area contributed by atoms with Crippen LogP contribution < -0.4 is 5.32 Å². The lowest BCUT2D eigenvalue weighted by Crippen LogP contribution is -2.29. The van der Waals surface area contributed by atoms with E-state index in [4.69, 9.17) is 0 Å². The van der Waals surface area contributed by atoms with Crippen molar-refractivity contribution in [1.29, 1.82) is 0 Å². The molecule has 2 fully saturated rings. The zero-order valence-corrected chi connectivity index (χ0v) is 11.3. The molecular formula is C16H21F2N. The summed E-state index contributed by atoms with van der Waals surface area (Å²) in [6, 6.07) is 3.55. The van der Waals surface area contributed by atoms with Crippen molar-refractivity contribution in [1.82, 2.24) is 5.32 Å². The smallest absolute Gasteiger partial charge is 0.128 e. The third kappa shape index (κ3) is 2.66. The molecule has 3 heteroatoms. The van der Waals surface area contributed by atoms with Gasteiger partial charge in [-0.25, -0.2) is 8.78 Å². The minimum atomic E-state index is -0.370. The second-order valence-corrected chi connectivity index (χ2v) is 6.23. The van der Waals surface area contributed by atoms with E-state index in [0.29, 0.717) is 5.56 Å². The zero-order valence-electron chi connectivity index (χ0n) is 11.3. The molecule has 104 valence electrons. The standard InChI is InChI=1S/C16H21F2N/c1-10(15-8-14(17)4-5-16(15)18)19-9-13-7-11-2-3-12(13)6-11/h4-5,8,10-13,19H,2-3,6-7,9H2,1H3. The van der Waals surface area contributed by atoms with Crippen molar-refractivity contribution in [2.45, 2.75) is 38.6 Å². The van der Waals surface area contributed by atoms with Gasteiger partial charge in [0, 0.05) is 11.6 Å².